The van der Waals surface area contributed by atoms with Gasteiger partial charge in [0.25, 0.3) is 0 Å². The van der Waals surface area contributed by atoms with Gasteiger partial charge in [-0.15, -0.1) is 0 Å². The first kappa shape index (κ1) is 13.1. The maximum absolute atomic E-state index is 13.5. The molecule has 0 aliphatic heterocycles. The van der Waals surface area contributed by atoms with Gasteiger partial charge >= 0.3 is 5.97 Å². The topological polar surface area (TPSA) is 72.6 Å². The maximum atomic E-state index is 13.5. The second-order valence-electron chi connectivity index (χ2n) is 3.93. The number of nitrogens with zero attached hydrogens (tertiary/aromatic N) is 1. The van der Waals surface area contributed by atoms with Crippen LogP contribution in [0, 0.1) is 5.82 Å². The van der Waals surface area contributed by atoms with Crippen molar-refractivity contribution in [3.8, 4) is 17.1 Å². The largest absolute Gasteiger partial charge is 0.494 e. The van der Waals surface area contributed by atoms with Gasteiger partial charge in [0, 0.05) is 18.1 Å². The van der Waals surface area contributed by atoms with Gasteiger partial charge < -0.3 is 14.4 Å². The second kappa shape index (κ2) is 5.51. The molecule has 0 fully saturated rings. The summed E-state index contributed by atoms with van der Waals surface area (Å²) >= 11 is 0. The van der Waals surface area contributed by atoms with E-state index in [2.05, 4.69) is 5.16 Å². The smallest absolute Gasteiger partial charge is 0.303 e. The minimum absolute atomic E-state index is 0.0249. The van der Waals surface area contributed by atoms with Crippen LogP contribution in [0.25, 0.3) is 11.3 Å². The Morgan fingerprint density at radius 2 is 2.26 bits per heavy atom. The summed E-state index contributed by atoms with van der Waals surface area (Å²) < 4.78 is 23.4. The van der Waals surface area contributed by atoms with Gasteiger partial charge in [-0.25, -0.2) is 4.39 Å². The van der Waals surface area contributed by atoms with Gasteiger partial charge in [-0.1, -0.05) is 5.16 Å². The fourth-order valence-corrected chi connectivity index (χ4v) is 1.62. The van der Waals surface area contributed by atoms with E-state index < -0.39 is 11.8 Å². The molecule has 19 heavy (non-hydrogen) atoms. The fraction of sp³-hybridized carbons (Fsp3) is 0.231. The monoisotopic (exact) mass is 265 g/mol. The van der Waals surface area contributed by atoms with E-state index in [1.807, 2.05) is 0 Å². The SMILES string of the molecule is COc1ccc(-c2cc(CCC(=O)O)no2)cc1F. The highest BCUT2D eigenvalue weighted by Gasteiger charge is 2.11. The number of halogens is 1. The van der Waals surface area contributed by atoms with Crippen molar-refractivity contribution in [1.82, 2.24) is 5.16 Å². The highest BCUT2D eigenvalue weighted by molar-refractivity contribution is 5.67. The number of methoxy groups -OCH3 is 1. The number of ether oxygens (including phenoxy) is 1. The van der Waals surface area contributed by atoms with Crippen molar-refractivity contribution >= 4 is 5.97 Å². The lowest BCUT2D eigenvalue weighted by Crippen LogP contribution is -1.97. The summed E-state index contributed by atoms with van der Waals surface area (Å²) in [6, 6.07) is 6.01. The molecule has 2 aromatic rings. The van der Waals surface area contributed by atoms with E-state index in [0.717, 1.165) is 0 Å². The number of aliphatic carboxylic acids is 1. The number of hydrogen-bond donors (Lipinski definition) is 1. The van der Waals surface area contributed by atoms with Crippen molar-refractivity contribution in [2.24, 2.45) is 0 Å². The molecule has 0 unspecified atom stereocenters. The van der Waals surface area contributed by atoms with Crippen LogP contribution >= 0.6 is 0 Å². The van der Waals surface area contributed by atoms with Crippen LogP contribution in [-0.4, -0.2) is 23.3 Å². The average Bonchev–Trinajstić information content (AvgIpc) is 2.85. The van der Waals surface area contributed by atoms with Crippen LogP contribution in [0.3, 0.4) is 0 Å². The van der Waals surface area contributed by atoms with Gasteiger partial charge in [0.2, 0.25) is 0 Å². The summed E-state index contributed by atoms with van der Waals surface area (Å²) in [5, 5.41) is 12.3. The molecular weight excluding hydrogens is 253 g/mol. The van der Waals surface area contributed by atoms with Crippen molar-refractivity contribution in [3.05, 3.63) is 35.8 Å². The molecule has 1 aromatic heterocycles. The van der Waals surface area contributed by atoms with Gasteiger partial charge in [0.15, 0.2) is 17.3 Å². The average molecular weight is 265 g/mol. The van der Waals surface area contributed by atoms with Crippen molar-refractivity contribution in [1.29, 1.82) is 0 Å². The molecule has 6 heteroatoms. The van der Waals surface area contributed by atoms with Crippen LogP contribution in [0.15, 0.2) is 28.8 Å². The van der Waals surface area contributed by atoms with Gasteiger partial charge in [0.05, 0.1) is 19.2 Å². The first-order valence-electron chi connectivity index (χ1n) is 5.61. The van der Waals surface area contributed by atoms with Crippen LogP contribution in [0.2, 0.25) is 0 Å². The molecule has 2 rings (SSSR count). The van der Waals surface area contributed by atoms with Gasteiger partial charge in [-0.05, 0) is 18.2 Å². The van der Waals surface area contributed by atoms with E-state index in [9.17, 15) is 9.18 Å². The van der Waals surface area contributed by atoms with E-state index in [4.69, 9.17) is 14.4 Å². The zero-order valence-electron chi connectivity index (χ0n) is 10.2. The molecule has 1 N–H and O–H groups in total. The Hall–Kier alpha value is -2.37. The summed E-state index contributed by atoms with van der Waals surface area (Å²) in [6.07, 6.45) is 0.250. The Kier molecular flexibility index (Phi) is 3.79. The van der Waals surface area contributed by atoms with Crippen molar-refractivity contribution in [2.75, 3.05) is 7.11 Å². The van der Waals surface area contributed by atoms with Crippen molar-refractivity contribution < 1.29 is 23.6 Å². The van der Waals surface area contributed by atoms with Crippen molar-refractivity contribution in [2.45, 2.75) is 12.8 Å². The molecule has 1 heterocycles. The van der Waals surface area contributed by atoms with E-state index >= 15 is 0 Å². The second-order valence-corrected chi connectivity index (χ2v) is 3.93. The Labute approximate surface area is 108 Å². The van der Waals surface area contributed by atoms with Crippen LogP contribution in [0.1, 0.15) is 12.1 Å². The number of hydrogen-bond acceptors (Lipinski definition) is 4. The Morgan fingerprint density at radius 1 is 1.47 bits per heavy atom. The van der Waals surface area contributed by atoms with Crippen LogP contribution in [0.4, 0.5) is 4.39 Å². The molecule has 5 nitrogen and oxygen atoms in total. The minimum atomic E-state index is -0.903. The predicted octanol–water partition coefficient (Wildman–Crippen LogP) is 2.51. The number of benzene rings is 1. The first-order valence-corrected chi connectivity index (χ1v) is 5.61. The van der Waals surface area contributed by atoms with Crippen LogP contribution in [-0.2, 0) is 11.2 Å². The van der Waals surface area contributed by atoms with Gasteiger partial charge in [-0.3, -0.25) is 4.79 Å². The molecule has 0 atom stereocenters. The Balaban J connectivity index is 2.18. The van der Waals surface area contributed by atoms with E-state index in [1.165, 1.54) is 19.2 Å². The number of carboxylic acid groups (broad SMARTS) is 1. The van der Waals surface area contributed by atoms with Crippen LogP contribution in [0.5, 0.6) is 5.75 Å². The number of carbonyl (C=O) groups is 1. The molecule has 0 aliphatic rings. The number of aromatic nitrogens is 1. The standard InChI is InChI=1S/C13H12FNO4/c1-18-11-4-2-8(6-10(11)14)12-7-9(15-19-12)3-5-13(16)17/h2,4,6-7H,3,5H2,1H3,(H,16,17). The van der Waals surface area contributed by atoms with Gasteiger partial charge in [0.1, 0.15) is 0 Å². The lowest BCUT2D eigenvalue weighted by molar-refractivity contribution is -0.136. The quantitative estimate of drug-likeness (QED) is 0.899. The summed E-state index contributed by atoms with van der Waals surface area (Å²) in [6.45, 7) is 0. The molecule has 0 radical (unpaired) electrons. The highest BCUT2D eigenvalue weighted by atomic mass is 19.1. The molecule has 1 aromatic carbocycles. The van der Waals surface area contributed by atoms with E-state index in [0.29, 0.717) is 17.0 Å². The summed E-state index contributed by atoms with van der Waals surface area (Å²) in [7, 11) is 1.39. The Bertz CT molecular complexity index is 594. The molecule has 0 spiro atoms. The number of carboxylic acids is 1. The van der Waals surface area contributed by atoms with Crippen molar-refractivity contribution in [3.63, 3.8) is 0 Å². The fourth-order valence-electron chi connectivity index (χ4n) is 1.62. The Morgan fingerprint density at radius 3 is 2.89 bits per heavy atom. The van der Waals surface area contributed by atoms with E-state index in [-0.39, 0.29) is 18.6 Å². The zero-order chi connectivity index (χ0) is 13.8. The minimum Gasteiger partial charge on any atom is -0.494 e. The third-order valence-corrected chi connectivity index (χ3v) is 2.59. The molecule has 0 saturated carbocycles. The maximum Gasteiger partial charge on any atom is 0.303 e. The van der Waals surface area contributed by atoms with Gasteiger partial charge in [-0.2, -0.15) is 0 Å². The summed E-state index contributed by atoms with van der Waals surface area (Å²) in [5.41, 5.74) is 1.04. The summed E-state index contributed by atoms with van der Waals surface area (Å²) in [5.74, 6) is -0.861. The lowest BCUT2D eigenvalue weighted by Gasteiger charge is -2.02. The molecular formula is C13H12FNO4. The third kappa shape index (κ3) is 3.09. The third-order valence-electron chi connectivity index (χ3n) is 2.59. The lowest BCUT2D eigenvalue weighted by atomic mass is 10.1. The highest BCUT2D eigenvalue weighted by Crippen LogP contribution is 2.26. The molecule has 0 aliphatic carbocycles. The predicted molar refractivity (Wildman–Crippen MR) is 64.4 cm³/mol. The normalized spacial score (nSPS) is 10.4. The molecule has 100 valence electrons. The molecule has 0 amide bonds. The first-order chi connectivity index (χ1) is 9.10. The number of rotatable bonds is 5. The van der Waals surface area contributed by atoms with Crippen LogP contribution < -0.4 is 4.74 Å². The molecule has 0 bridgehead atoms. The molecule has 0 saturated heterocycles. The number of aryl methyl sites for hydroxylation is 1. The zero-order valence-corrected chi connectivity index (χ0v) is 10.2. The summed E-state index contributed by atoms with van der Waals surface area (Å²) in [4.78, 5) is 10.4. The van der Waals surface area contributed by atoms with E-state index in [1.54, 1.807) is 12.1 Å².